The molecule has 3 N–H and O–H groups in total. The first-order valence-corrected chi connectivity index (χ1v) is 13.4. The van der Waals surface area contributed by atoms with Crippen LogP contribution in [0.3, 0.4) is 0 Å². The third-order valence-corrected chi connectivity index (χ3v) is 8.62. The molecule has 4 rings (SSSR count). The van der Waals surface area contributed by atoms with E-state index >= 15 is 0 Å². The molecule has 8 nitrogen and oxygen atoms in total. The van der Waals surface area contributed by atoms with Gasteiger partial charge in [0.15, 0.2) is 28.7 Å². The van der Waals surface area contributed by atoms with Crippen LogP contribution in [0, 0.1) is 28.6 Å². The minimum atomic E-state index is -2.73. The maximum absolute atomic E-state index is 14.1. The van der Waals surface area contributed by atoms with Crippen LogP contribution in [-0.2, 0) is 30.3 Å². The summed E-state index contributed by atoms with van der Waals surface area (Å²) in [6, 6.07) is 9.15. The number of Topliss-reactive ketones (excluding diaryl/α,β-unsaturated/α-hetero) is 4. The molecule has 210 valence electrons. The van der Waals surface area contributed by atoms with E-state index < -0.39 is 68.5 Å². The molecule has 0 spiro atoms. The number of benzene rings is 1. The number of hydrogen-bond acceptors (Lipinski definition) is 8. The van der Waals surface area contributed by atoms with Gasteiger partial charge < -0.3 is 20.1 Å². The molecule has 4 atom stereocenters. The highest BCUT2D eigenvalue weighted by Crippen LogP contribution is 2.59. The van der Waals surface area contributed by atoms with Crippen molar-refractivity contribution in [3.8, 4) is 0 Å². The van der Waals surface area contributed by atoms with Gasteiger partial charge in [-0.15, -0.1) is 0 Å². The van der Waals surface area contributed by atoms with Gasteiger partial charge in [-0.05, 0) is 58.9 Å². The number of ether oxygens (including phenoxy) is 1. The predicted molar refractivity (Wildman–Crippen MR) is 142 cm³/mol. The van der Waals surface area contributed by atoms with Gasteiger partial charge in [0, 0.05) is 17.9 Å². The molecule has 1 aliphatic heterocycles. The fraction of sp³-hybridized carbons (Fsp3) is 0.548. The lowest BCUT2D eigenvalue weighted by molar-refractivity contribution is -0.315. The number of carbonyl (C=O) groups is 4. The van der Waals surface area contributed by atoms with Crippen LogP contribution in [-0.4, -0.2) is 49.8 Å². The van der Waals surface area contributed by atoms with E-state index in [1.54, 1.807) is 13.8 Å². The fourth-order valence-corrected chi connectivity index (χ4v) is 6.45. The Bertz CT molecular complexity index is 1310. The van der Waals surface area contributed by atoms with Gasteiger partial charge in [0.25, 0.3) is 5.79 Å². The van der Waals surface area contributed by atoms with Crippen molar-refractivity contribution in [2.45, 2.75) is 79.1 Å². The summed E-state index contributed by atoms with van der Waals surface area (Å²) in [5, 5.41) is 34.7. The van der Waals surface area contributed by atoms with Crippen molar-refractivity contribution in [2.75, 3.05) is 0 Å². The second-order valence-electron chi connectivity index (χ2n) is 12.7. The number of rotatable bonds is 6. The minimum Gasteiger partial charge on any atom is -0.508 e. The second-order valence-corrected chi connectivity index (χ2v) is 12.7. The second kappa shape index (κ2) is 9.24. The van der Waals surface area contributed by atoms with Crippen molar-refractivity contribution >= 4 is 23.1 Å². The van der Waals surface area contributed by atoms with Crippen molar-refractivity contribution in [1.29, 1.82) is 0 Å². The molecular weight excluding hydrogens is 500 g/mol. The molecule has 0 amide bonds. The summed E-state index contributed by atoms with van der Waals surface area (Å²) in [6.07, 6.45) is 0.411. The Morgan fingerprint density at radius 2 is 1.56 bits per heavy atom. The molecule has 0 fully saturated rings. The summed E-state index contributed by atoms with van der Waals surface area (Å²) in [6.45, 7) is 11.0. The quantitative estimate of drug-likeness (QED) is 0.367. The molecule has 0 aromatic heterocycles. The molecule has 0 radical (unpaired) electrons. The number of aliphatic hydroxyl groups excluding tert-OH is 1. The van der Waals surface area contributed by atoms with E-state index in [2.05, 4.69) is 0 Å². The molecule has 1 heterocycles. The smallest absolute Gasteiger partial charge is 0.254 e. The predicted octanol–water partition coefficient (Wildman–Crippen LogP) is 3.79. The number of carbonyl (C=O) groups excluding carboxylic acids is 4. The van der Waals surface area contributed by atoms with Crippen molar-refractivity contribution in [3.63, 3.8) is 0 Å². The van der Waals surface area contributed by atoms with Crippen LogP contribution >= 0.6 is 0 Å². The third kappa shape index (κ3) is 4.11. The number of fused-ring (bicyclic) bond motifs is 1. The topological polar surface area (TPSA) is 138 Å². The summed E-state index contributed by atoms with van der Waals surface area (Å²) in [7, 11) is 0. The summed E-state index contributed by atoms with van der Waals surface area (Å²) >= 11 is 0. The van der Waals surface area contributed by atoms with Gasteiger partial charge in [-0.25, -0.2) is 0 Å². The molecule has 39 heavy (non-hydrogen) atoms. The van der Waals surface area contributed by atoms with Gasteiger partial charge >= 0.3 is 0 Å². The van der Waals surface area contributed by atoms with Crippen molar-refractivity contribution in [1.82, 2.24) is 0 Å². The van der Waals surface area contributed by atoms with Crippen LogP contribution in [0.1, 0.15) is 66.9 Å². The van der Waals surface area contributed by atoms with E-state index in [0.717, 1.165) is 12.5 Å². The summed E-state index contributed by atoms with van der Waals surface area (Å²) in [5.41, 5.74) is -4.99. The highest BCUT2D eigenvalue weighted by molar-refractivity contribution is 6.24. The summed E-state index contributed by atoms with van der Waals surface area (Å²) < 4.78 is 5.97. The molecule has 0 unspecified atom stereocenters. The van der Waals surface area contributed by atoms with Gasteiger partial charge in [0.2, 0.25) is 0 Å². The molecule has 0 saturated heterocycles. The fourth-order valence-electron chi connectivity index (χ4n) is 6.45. The zero-order valence-electron chi connectivity index (χ0n) is 23.6. The highest BCUT2D eigenvalue weighted by Gasteiger charge is 2.71. The molecule has 1 aromatic rings. The largest absolute Gasteiger partial charge is 0.508 e. The Kier molecular flexibility index (Phi) is 6.84. The van der Waals surface area contributed by atoms with Gasteiger partial charge in [0.05, 0.1) is 16.7 Å². The van der Waals surface area contributed by atoms with Crippen molar-refractivity contribution in [2.24, 2.45) is 28.6 Å². The minimum absolute atomic E-state index is 0.0720. The maximum atomic E-state index is 14.1. The van der Waals surface area contributed by atoms with Gasteiger partial charge in [-0.3, -0.25) is 19.2 Å². The van der Waals surface area contributed by atoms with E-state index in [1.165, 1.54) is 13.8 Å². The van der Waals surface area contributed by atoms with Crippen LogP contribution in [0.4, 0.5) is 0 Å². The molecule has 3 aliphatic rings. The summed E-state index contributed by atoms with van der Waals surface area (Å²) in [4.78, 5) is 54.7. The monoisotopic (exact) mass is 538 g/mol. The van der Waals surface area contributed by atoms with E-state index in [0.29, 0.717) is 6.42 Å². The lowest BCUT2D eigenvalue weighted by Gasteiger charge is -2.56. The Morgan fingerprint density at radius 3 is 2.13 bits per heavy atom. The third-order valence-electron chi connectivity index (χ3n) is 8.62. The lowest BCUT2D eigenvalue weighted by Crippen LogP contribution is -2.70. The Balaban J connectivity index is 1.88. The van der Waals surface area contributed by atoms with Crippen LogP contribution in [0.25, 0.3) is 0 Å². The van der Waals surface area contributed by atoms with Crippen LogP contribution < -0.4 is 0 Å². The molecular formula is C31H38O8. The normalized spacial score (nSPS) is 31.7. The standard InChI is InChI=1S/C31H38O8/c1-16(2)15-18-20-24(34)28(3,4)27(36)29(5,6)26(20)39-31(38)22(18)23(33)21(25(35)30(31,7)37)19(32)14-13-17-11-9-8-10-12-17/h8-12,16,18,22,35,37-38H,13-15H2,1-7H3/t18-,22+,30-,31-/m1/s1. The van der Waals surface area contributed by atoms with E-state index in [-0.39, 0.29) is 30.1 Å². The number of hydrogen-bond donors (Lipinski definition) is 3. The van der Waals surface area contributed by atoms with Gasteiger partial charge in [-0.1, -0.05) is 44.2 Å². The first-order chi connectivity index (χ1) is 17.9. The van der Waals surface area contributed by atoms with Crippen LogP contribution in [0.5, 0.6) is 0 Å². The molecule has 8 heteroatoms. The SMILES string of the molecule is CC(C)C[C@@H]1C2=C(O[C@]3(O)[C@@H]1C(=O)C(C(=O)CCc1ccccc1)=C(O)[C@@]3(C)O)C(C)(C)C(=O)C(C)(C)C2=O. The number of allylic oxidation sites excluding steroid dienone is 3. The number of ketones is 4. The highest BCUT2D eigenvalue weighted by atomic mass is 16.6. The van der Waals surface area contributed by atoms with Crippen molar-refractivity contribution < 1.29 is 39.2 Å². The first kappa shape index (κ1) is 28.9. The molecule has 1 aromatic carbocycles. The van der Waals surface area contributed by atoms with Gasteiger partial charge in [0.1, 0.15) is 17.1 Å². The van der Waals surface area contributed by atoms with E-state index in [1.807, 2.05) is 44.2 Å². The summed E-state index contributed by atoms with van der Waals surface area (Å²) in [5.74, 6) is -8.95. The molecule has 0 saturated carbocycles. The molecule has 0 bridgehead atoms. The first-order valence-electron chi connectivity index (χ1n) is 13.4. The Labute approximate surface area is 228 Å². The lowest BCUT2D eigenvalue weighted by atomic mass is 9.55. The zero-order valence-corrected chi connectivity index (χ0v) is 23.6. The average Bonchev–Trinajstić information content (AvgIpc) is 2.85. The Hall–Kier alpha value is -3.10. The van der Waals surface area contributed by atoms with Gasteiger partial charge in [-0.2, -0.15) is 0 Å². The van der Waals surface area contributed by atoms with Crippen LogP contribution in [0.2, 0.25) is 0 Å². The zero-order chi connectivity index (χ0) is 29.3. The maximum Gasteiger partial charge on any atom is 0.254 e. The number of aryl methyl sites for hydroxylation is 1. The van der Waals surface area contributed by atoms with E-state index in [4.69, 9.17) is 4.74 Å². The van der Waals surface area contributed by atoms with Crippen molar-refractivity contribution in [3.05, 3.63) is 58.6 Å². The molecule has 2 aliphatic carbocycles. The van der Waals surface area contributed by atoms with E-state index in [9.17, 15) is 34.5 Å². The van der Waals surface area contributed by atoms with Crippen LogP contribution in [0.15, 0.2) is 53.0 Å². The Morgan fingerprint density at radius 1 is 0.974 bits per heavy atom. The number of aliphatic hydroxyl groups is 3. The average molecular weight is 539 g/mol.